The smallest absolute Gasteiger partial charge is 0.321 e. The number of benzene rings is 1. The lowest BCUT2D eigenvalue weighted by atomic mass is 9.97. The quantitative estimate of drug-likeness (QED) is 0.677. The summed E-state index contributed by atoms with van der Waals surface area (Å²) in [7, 11) is 0. The summed E-state index contributed by atoms with van der Waals surface area (Å²) in [5, 5.41) is 5.73. The zero-order valence-corrected chi connectivity index (χ0v) is 17.9. The number of urea groups is 1. The molecule has 0 aromatic heterocycles. The van der Waals surface area contributed by atoms with E-state index in [0.717, 1.165) is 19.3 Å². The van der Waals surface area contributed by atoms with Gasteiger partial charge < -0.3 is 10.2 Å². The molecule has 8 heteroatoms. The predicted molar refractivity (Wildman–Crippen MR) is 117 cm³/mol. The molecular formula is C22H29ClN4O3. The molecule has 7 nitrogen and oxygen atoms in total. The highest BCUT2D eigenvalue weighted by molar-refractivity contribution is 6.30. The van der Waals surface area contributed by atoms with Gasteiger partial charge in [0.1, 0.15) is 0 Å². The Labute approximate surface area is 182 Å². The van der Waals surface area contributed by atoms with Crippen LogP contribution < -0.4 is 10.6 Å². The maximum Gasteiger partial charge on any atom is 0.321 e. The highest BCUT2D eigenvalue weighted by Gasteiger charge is 2.23. The fourth-order valence-corrected chi connectivity index (χ4v) is 3.89. The number of carbonyl (C=O) groups excluding carboxylic acids is 3. The van der Waals surface area contributed by atoms with E-state index in [4.69, 9.17) is 11.6 Å². The van der Waals surface area contributed by atoms with Crippen molar-refractivity contribution >= 4 is 29.4 Å². The maximum absolute atomic E-state index is 12.5. The lowest BCUT2D eigenvalue weighted by molar-refractivity contribution is -0.121. The molecule has 3 rings (SSSR count). The van der Waals surface area contributed by atoms with Crippen molar-refractivity contribution in [1.82, 2.24) is 20.4 Å². The molecule has 1 heterocycles. The zero-order valence-electron chi connectivity index (χ0n) is 17.2. The third-order valence-corrected chi connectivity index (χ3v) is 5.74. The van der Waals surface area contributed by atoms with Gasteiger partial charge in [0.25, 0.3) is 5.91 Å². The van der Waals surface area contributed by atoms with Crippen LogP contribution in [0.4, 0.5) is 4.79 Å². The first-order valence-corrected chi connectivity index (χ1v) is 10.9. The summed E-state index contributed by atoms with van der Waals surface area (Å²) in [5.74, 6) is -0.370. The number of hydrogen-bond donors (Lipinski definition) is 2. The Balaban J connectivity index is 1.33. The fourth-order valence-electron chi connectivity index (χ4n) is 3.77. The molecule has 0 unspecified atom stereocenters. The molecule has 0 saturated carbocycles. The molecule has 1 fully saturated rings. The Hall–Kier alpha value is -2.38. The third kappa shape index (κ3) is 6.85. The summed E-state index contributed by atoms with van der Waals surface area (Å²) >= 11 is 5.87. The van der Waals surface area contributed by atoms with E-state index in [2.05, 4.69) is 16.7 Å². The molecule has 1 aromatic carbocycles. The van der Waals surface area contributed by atoms with Crippen LogP contribution in [0.5, 0.6) is 0 Å². The van der Waals surface area contributed by atoms with Crippen molar-refractivity contribution in [3.8, 4) is 0 Å². The molecule has 0 atom stereocenters. The standard InChI is InChI=1S/C22H29ClN4O3/c23-19-8-6-18(7-9-19)21(29)27-14-12-26(13-15-27)16-20(28)25-22(30)24-11-10-17-4-2-1-3-5-17/h4,6-9H,1-3,5,10-16H2,(H2,24,25,28,30). The molecular weight excluding hydrogens is 404 g/mol. The van der Waals surface area contributed by atoms with E-state index in [1.807, 2.05) is 4.90 Å². The topological polar surface area (TPSA) is 81.8 Å². The molecule has 30 heavy (non-hydrogen) atoms. The second-order valence-corrected chi connectivity index (χ2v) is 8.17. The van der Waals surface area contributed by atoms with Gasteiger partial charge in [0.15, 0.2) is 0 Å². The number of hydrogen-bond acceptors (Lipinski definition) is 4. The Bertz CT molecular complexity index is 786. The van der Waals surface area contributed by atoms with E-state index >= 15 is 0 Å². The maximum atomic E-state index is 12.5. The van der Waals surface area contributed by atoms with Crippen LogP contribution in [0.1, 0.15) is 42.5 Å². The van der Waals surface area contributed by atoms with E-state index < -0.39 is 6.03 Å². The average molecular weight is 433 g/mol. The molecule has 162 valence electrons. The largest absolute Gasteiger partial charge is 0.337 e. The van der Waals surface area contributed by atoms with E-state index in [-0.39, 0.29) is 18.4 Å². The van der Waals surface area contributed by atoms with Crippen LogP contribution in [0, 0.1) is 0 Å². The van der Waals surface area contributed by atoms with Crippen LogP contribution in [-0.2, 0) is 4.79 Å². The number of nitrogens with zero attached hydrogens (tertiary/aromatic N) is 2. The summed E-state index contributed by atoms with van der Waals surface area (Å²) in [5.41, 5.74) is 1.99. The molecule has 2 aliphatic rings. The second-order valence-electron chi connectivity index (χ2n) is 7.74. The molecule has 2 N–H and O–H groups in total. The second kappa shape index (κ2) is 11.1. The van der Waals surface area contributed by atoms with Crippen molar-refractivity contribution in [3.05, 3.63) is 46.5 Å². The Morgan fingerprint density at radius 3 is 2.40 bits per heavy atom. The lowest BCUT2D eigenvalue weighted by Crippen LogP contribution is -2.52. The van der Waals surface area contributed by atoms with Crippen LogP contribution in [0.2, 0.25) is 5.02 Å². The van der Waals surface area contributed by atoms with Gasteiger partial charge in [-0.1, -0.05) is 23.3 Å². The van der Waals surface area contributed by atoms with Crippen molar-refractivity contribution in [1.29, 1.82) is 0 Å². The number of nitrogens with one attached hydrogen (secondary N) is 2. The van der Waals surface area contributed by atoms with E-state index in [1.165, 1.54) is 18.4 Å². The van der Waals surface area contributed by atoms with Gasteiger partial charge in [0.2, 0.25) is 5.91 Å². The lowest BCUT2D eigenvalue weighted by Gasteiger charge is -2.34. The van der Waals surface area contributed by atoms with Gasteiger partial charge in [0.05, 0.1) is 6.54 Å². The SMILES string of the molecule is O=C(CN1CCN(C(=O)c2ccc(Cl)cc2)CC1)NC(=O)NCCC1=CCCCC1. The molecule has 4 amide bonds. The number of carbonyl (C=O) groups is 3. The number of amides is 4. The normalized spacial score (nSPS) is 17.2. The summed E-state index contributed by atoms with van der Waals surface area (Å²) < 4.78 is 0. The van der Waals surface area contributed by atoms with Crippen molar-refractivity contribution in [2.75, 3.05) is 39.3 Å². The number of halogens is 1. The molecule has 0 radical (unpaired) electrons. The summed E-state index contributed by atoms with van der Waals surface area (Å²) in [6.07, 6.45) is 7.79. The monoisotopic (exact) mass is 432 g/mol. The summed E-state index contributed by atoms with van der Waals surface area (Å²) in [6.45, 7) is 2.93. The number of rotatable bonds is 6. The van der Waals surface area contributed by atoms with E-state index in [1.54, 1.807) is 29.2 Å². The van der Waals surface area contributed by atoms with Crippen molar-refractivity contribution in [2.24, 2.45) is 0 Å². The number of imide groups is 1. The minimum Gasteiger partial charge on any atom is -0.337 e. The van der Waals surface area contributed by atoms with E-state index in [0.29, 0.717) is 43.3 Å². The summed E-state index contributed by atoms with van der Waals surface area (Å²) in [4.78, 5) is 40.3. The Morgan fingerprint density at radius 2 is 1.73 bits per heavy atom. The zero-order chi connectivity index (χ0) is 21.3. The van der Waals surface area contributed by atoms with Gasteiger partial charge in [-0.2, -0.15) is 0 Å². The molecule has 1 saturated heterocycles. The van der Waals surface area contributed by atoms with Crippen LogP contribution in [-0.4, -0.2) is 66.9 Å². The average Bonchev–Trinajstić information content (AvgIpc) is 2.75. The predicted octanol–water partition coefficient (Wildman–Crippen LogP) is 2.81. The number of piperazine rings is 1. The van der Waals surface area contributed by atoms with Gasteiger partial charge in [-0.15, -0.1) is 0 Å². The van der Waals surface area contributed by atoms with Crippen LogP contribution in [0.25, 0.3) is 0 Å². The fraction of sp³-hybridized carbons (Fsp3) is 0.500. The van der Waals surface area contributed by atoms with E-state index in [9.17, 15) is 14.4 Å². The van der Waals surface area contributed by atoms with Crippen molar-refractivity contribution < 1.29 is 14.4 Å². The Morgan fingerprint density at radius 1 is 1.00 bits per heavy atom. The van der Waals surface area contributed by atoms with Crippen LogP contribution in [0.15, 0.2) is 35.9 Å². The third-order valence-electron chi connectivity index (χ3n) is 5.49. The van der Waals surface area contributed by atoms with Gasteiger partial charge in [-0.25, -0.2) is 4.79 Å². The minimum atomic E-state index is -0.451. The highest BCUT2D eigenvalue weighted by Crippen LogP contribution is 2.19. The highest BCUT2D eigenvalue weighted by atomic mass is 35.5. The number of allylic oxidation sites excluding steroid dienone is 1. The van der Waals surface area contributed by atoms with Gasteiger partial charge in [0, 0.05) is 43.3 Å². The Kier molecular flexibility index (Phi) is 8.28. The molecule has 1 aliphatic carbocycles. The van der Waals surface area contributed by atoms with Crippen molar-refractivity contribution in [2.45, 2.75) is 32.1 Å². The minimum absolute atomic E-state index is 0.0387. The van der Waals surface area contributed by atoms with Crippen LogP contribution >= 0.6 is 11.6 Å². The van der Waals surface area contributed by atoms with Crippen molar-refractivity contribution in [3.63, 3.8) is 0 Å². The first kappa shape index (κ1) is 22.3. The molecule has 1 aromatic rings. The summed E-state index contributed by atoms with van der Waals surface area (Å²) in [6, 6.07) is 6.38. The molecule has 1 aliphatic heterocycles. The first-order valence-electron chi connectivity index (χ1n) is 10.5. The van der Waals surface area contributed by atoms with Crippen LogP contribution in [0.3, 0.4) is 0 Å². The first-order chi connectivity index (χ1) is 14.5. The molecule has 0 spiro atoms. The van der Waals surface area contributed by atoms with Gasteiger partial charge in [-0.05, 0) is 56.4 Å². The van der Waals surface area contributed by atoms with Gasteiger partial charge in [-0.3, -0.25) is 19.8 Å². The molecule has 0 bridgehead atoms. The van der Waals surface area contributed by atoms with Gasteiger partial charge >= 0.3 is 6.03 Å².